The Morgan fingerprint density at radius 3 is 2.30 bits per heavy atom. The predicted molar refractivity (Wildman–Crippen MR) is 201 cm³/mol. The first kappa shape index (κ1) is 35.4. The molecule has 0 N–H and O–H groups in total. The van der Waals surface area contributed by atoms with Crippen LogP contribution in [0.15, 0.2) is 97.2 Å². The van der Waals surface area contributed by atoms with Crippen LogP contribution in [-0.4, -0.2) is 19.3 Å². The molecule has 0 saturated heterocycles. The minimum Gasteiger partial charge on any atom is -0.509 e. The van der Waals surface area contributed by atoms with Crippen molar-refractivity contribution >= 4 is 21.8 Å². The summed E-state index contributed by atoms with van der Waals surface area (Å²) in [5, 5.41) is 7.38. The van der Waals surface area contributed by atoms with Crippen molar-refractivity contribution in [2.45, 2.75) is 73.1 Å². The molecule has 256 valence electrons. The van der Waals surface area contributed by atoms with Crippen LogP contribution < -0.4 is 4.74 Å². The Morgan fingerprint density at radius 1 is 0.800 bits per heavy atom. The number of fused-ring (bicyclic) bond motifs is 3. The number of hydrogen-bond acceptors (Lipinski definition) is 3. The Labute approximate surface area is 310 Å². The van der Waals surface area contributed by atoms with Gasteiger partial charge in [-0.3, -0.25) is 4.68 Å². The van der Waals surface area contributed by atoms with E-state index in [-0.39, 0.29) is 26.5 Å². The minimum atomic E-state index is -0.00824. The maximum Gasteiger partial charge on any atom is 2.00 e. The van der Waals surface area contributed by atoms with Crippen molar-refractivity contribution in [3.8, 4) is 34.1 Å². The zero-order valence-corrected chi connectivity index (χ0v) is 32.2. The quantitative estimate of drug-likeness (QED) is 0.136. The number of pyridine rings is 1. The first-order valence-corrected chi connectivity index (χ1v) is 17.5. The van der Waals surface area contributed by atoms with Gasteiger partial charge in [-0.1, -0.05) is 96.4 Å². The molecule has 0 unspecified atom stereocenters. The Bertz CT molecular complexity index is 2270. The van der Waals surface area contributed by atoms with E-state index in [9.17, 15) is 0 Å². The second-order valence-corrected chi connectivity index (χ2v) is 14.3. The van der Waals surface area contributed by atoms with E-state index in [0.717, 1.165) is 58.6 Å². The van der Waals surface area contributed by atoms with Gasteiger partial charge in [0.1, 0.15) is 5.82 Å². The molecule has 0 amide bonds. The number of rotatable bonds is 9. The third-order valence-corrected chi connectivity index (χ3v) is 9.19. The second kappa shape index (κ2) is 14.4. The van der Waals surface area contributed by atoms with E-state index in [1.807, 2.05) is 35.1 Å². The summed E-state index contributed by atoms with van der Waals surface area (Å²) in [4.78, 5) is 4.87. The summed E-state index contributed by atoms with van der Waals surface area (Å²) in [5.41, 5.74) is 10.1. The van der Waals surface area contributed by atoms with Crippen LogP contribution in [0.3, 0.4) is 0 Å². The van der Waals surface area contributed by atoms with Gasteiger partial charge in [0.15, 0.2) is 0 Å². The monoisotopic (exact) mass is 839 g/mol. The molecule has 0 saturated carbocycles. The van der Waals surface area contributed by atoms with Crippen LogP contribution in [-0.2, 0) is 45.7 Å². The van der Waals surface area contributed by atoms with E-state index in [1.165, 1.54) is 27.6 Å². The van der Waals surface area contributed by atoms with Gasteiger partial charge in [-0.25, -0.2) is 4.98 Å². The third kappa shape index (κ3) is 6.81. The first-order chi connectivity index (χ1) is 23.6. The largest absolute Gasteiger partial charge is 2.00 e. The summed E-state index contributed by atoms with van der Waals surface area (Å²) in [6.07, 6.45) is 4.62. The number of aromatic nitrogens is 4. The van der Waals surface area contributed by atoms with E-state index in [2.05, 4.69) is 132 Å². The summed E-state index contributed by atoms with van der Waals surface area (Å²) in [7, 11) is 0. The van der Waals surface area contributed by atoms with E-state index in [1.54, 1.807) is 0 Å². The smallest absolute Gasteiger partial charge is 0.509 e. The summed E-state index contributed by atoms with van der Waals surface area (Å²) < 4.78 is 10.8. The molecule has 0 aliphatic carbocycles. The molecule has 0 fully saturated rings. The number of nitrogens with zero attached hydrogens (tertiary/aromatic N) is 4. The molecule has 4 aromatic carbocycles. The molecule has 3 aromatic heterocycles. The Morgan fingerprint density at radius 2 is 1.58 bits per heavy atom. The van der Waals surface area contributed by atoms with Crippen molar-refractivity contribution in [1.82, 2.24) is 19.3 Å². The zero-order valence-electron chi connectivity index (χ0n) is 29.9. The average Bonchev–Trinajstić information content (AvgIpc) is 3.63. The Balaban J connectivity index is 0.00000432. The van der Waals surface area contributed by atoms with Crippen LogP contribution in [0.1, 0.15) is 71.0 Å². The van der Waals surface area contributed by atoms with Crippen LogP contribution in [0.4, 0.5) is 0 Å². The van der Waals surface area contributed by atoms with Crippen LogP contribution in [0.5, 0.6) is 11.5 Å². The molecule has 0 aliphatic heterocycles. The average molecular weight is 840 g/mol. The maximum absolute atomic E-state index is 6.53. The number of benzene rings is 4. The third-order valence-electron chi connectivity index (χ3n) is 9.19. The van der Waals surface area contributed by atoms with Crippen molar-refractivity contribution in [3.63, 3.8) is 0 Å². The van der Waals surface area contributed by atoms with E-state index < -0.39 is 0 Å². The first-order valence-electron chi connectivity index (χ1n) is 17.5. The van der Waals surface area contributed by atoms with Gasteiger partial charge < -0.3 is 9.30 Å². The topological polar surface area (TPSA) is 44.9 Å². The maximum atomic E-state index is 6.53. The predicted octanol–water partition coefficient (Wildman–Crippen LogP) is 11.0. The van der Waals surface area contributed by atoms with Gasteiger partial charge in [0.2, 0.25) is 0 Å². The number of ether oxygens (including phenoxy) is 1. The van der Waals surface area contributed by atoms with Gasteiger partial charge in [-0.15, -0.1) is 35.7 Å². The molecule has 5 nitrogen and oxygen atoms in total. The molecule has 0 atom stereocenters. The van der Waals surface area contributed by atoms with Gasteiger partial charge in [-0.05, 0) is 76.6 Å². The minimum absolute atomic E-state index is 0. The summed E-state index contributed by atoms with van der Waals surface area (Å²) in [5.74, 6) is 2.68. The summed E-state index contributed by atoms with van der Waals surface area (Å²) in [6, 6.07) is 38.9. The Hall–Kier alpha value is -4.47. The fourth-order valence-corrected chi connectivity index (χ4v) is 6.83. The zero-order chi connectivity index (χ0) is 34.3. The normalized spacial score (nSPS) is 11.8. The second-order valence-electron chi connectivity index (χ2n) is 14.3. The SMILES string of the molecule is CCc1nn(-c2[c-]c(Oc3[c-]c4c(cc3)c3cc(CC(C)C)ccc3n4-c3cc(C(C)(C)C)ccn3)ccc2)c(CC)c1-c1ccccc1.[Pt+2]. The van der Waals surface area contributed by atoms with E-state index >= 15 is 0 Å². The number of aryl methyl sites for hydroxylation is 1. The van der Waals surface area contributed by atoms with Gasteiger partial charge in [0, 0.05) is 34.5 Å². The Kier molecular flexibility index (Phi) is 10.2. The molecule has 50 heavy (non-hydrogen) atoms. The molecule has 0 radical (unpaired) electrons. The molecule has 7 rings (SSSR count). The molecule has 3 heterocycles. The fraction of sp³-hybridized carbons (Fsp3) is 0.273. The van der Waals surface area contributed by atoms with Crippen molar-refractivity contribution in [1.29, 1.82) is 0 Å². The van der Waals surface area contributed by atoms with Crippen LogP contribution >= 0.6 is 0 Å². The van der Waals surface area contributed by atoms with Crippen molar-refractivity contribution < 1.29 is 25.8 Å². The number of hydrogen-bond donors (Lipinski definition) is 0. The van der Waals surface area contributed by atoms with Crippen molar-refractivity contribution in [2.24, 2.45) is 5.92 Å². The standard InChI is InChI=1S/C44H44N4O.Pt/c1-8-38-43(31-14-11-10-12-15-31)39(9-2)48(46-38)33-16-13-17-34(27-33)49-35-19-20-36-37-25-30(24-29(3)4)18-21-40(37)47(41(36)28-35)42-26-32(22-23-45-42)44(5,6)7;/h10-23,25-26,29H,8-9,24H2,1-7H3;/q-2;+2. The van der Waals surface area contributed by atoms with Crippen LogP contribution in [0.2, 0.25) is 0 Å². The van der Waals surface area contributed by atoms with Gasteiger partial charge in [-0.2, -0.15) is 17.2 Å². The molecular weight excluding hydrogens is 796 g/mol. The summed E-state index contributed by atoms with van der Waals surface area (Å²) in [6.45, 7) is 15.6. The van der Waals surface area contributed by atoms with Gasteiger partial charge in [0.05, 0.1) is 5.69 Å². The van der Waals surface area contributed by atoms with Crippen molar-refractivity contribution in [2.75, 3.05) is 0 Å². The van der Waals surface area contributed by atoms with E-state index in [4.69, 9.17) is 14.8 Å². The molecule has 0 bridgehead atoms. The molecular formula is C44H44N4OPt. The fourth-order valence-electron chi connectivity index (χ4n) is 6.83. The van der Waals surface area contributed by atoms with Crippen LogP contribution in [0.25, 0.3) is 44.4 Å². The van der Waals surface area contributed by atoms with E-state index in [0.29, 0.717) is 17.4 Å². The molecule has 6 heteroatoms. The van der Waals surface area contributed by atoms with Gasteiger partial charge in [0.25, 0.3) is 0 Å². The van der Waals surface area contributed by atoms with Gasteiger partial charge >= 0.3 is 21.1 Å². The molecule has 0 aliphatic rings. The van der Waals surface area contributed by atoms with Crippen LogP contribution in [0, 0.1) is 18.1 Å². The molecule has 7 aromatic rings. The molecule has 0 spiro atoms. The van der Waals surface area contributed by atoms with Crippen molar-refractivity contribution in [3.05, 3.63) is 132 Å². The summed E-state index contributed by atoms with van der Waals surface area (Å²) >= 11 is 0.